The minimum absolute atomic E-state index is 0.0215. The lowest BCUT2D eigenvalue weighted by atomic mass is 10.1. The lowest BCUT2D eigenvalue weighted by molar-refractivity contribution is -0.137. The Morgan fingerprint density at radius 3 is 2.50 bits per heavy atom. The molecule has 1 aromatic rings. The van der Waals surface area contributed by atoms with Crippen LogP contribution in [0.5, 0.6) is 5.75 Å². The summed E-state index contributed by atoms with van der Waals surface area (Å²) in [7, 11) is 0. The highest BCUT2D eigenvalue weighted by molar-refractivity contribution is 6.01. The molecule has 0 radical (unpaired) electrons. The van der Waals surface area contributed by atoms with Gasteiger partial charge in [-0.1, -0.05) is 12.1 Å². The van der Waals surface area contributed by atoms with Crippen LogP contribution in [0.15, 0.2) is 29.8 Å². The minimum Gasteiger partial charge on any atom is -0.493 e. The van der Waals surface area contributed by atoms with Crippen molar-refractivity contribution < 1.29 is 19.4 Å². The highest BCUT2D eigenvalue weighted by Gasteiger charge is 2.09. The van der Waals surface area contributed by atoms with E-state index >= 15 is 0 Å². The van der Waals surface area contributed by atoms with E-state index in [1.54, 1.807) is 24.3 Å². The summed E-state index contributed by atoms with van der Waals surface area (Å²) in [6.07, 6.45) is 1.41. The zero-order valence-electron chi connectivity index (χ0n) is 12.5. The molecule has 0 spiro atoms. The molecule has 1 amide bonds. The molecule has 0 heterocycles. The zero-order valence-corrected chi connectivity index (χ0v) is 12.5. The zero-order chi connectivity index (χ0) is 16.5. The average Bonchev–Trinajstić information content (AvgIpc) is 2.45. The number of ether oxygens (including phenoxy) is 1. The number of carbonyl (C=O) groups excluding carboxylic acids is 1. The van der Waals surface area contributed by atoms with Crippen molar-refractivity contribution in [3.05, 3.63) is 35.4 Å². The predicted molar refractivity (Wildman–Crippen MR) is 81.1 cm³/mol. The molecule has 0 fully saturated rings. The van der Waals surface area contributed by atoms with E-state index in [-0.39, 0.29) is 24.6 Å². The third-order valence-corrected chi connectivity index (χ3v) is 2.56. The quantitative estimate of drug-likeness (QED) is 0.592. The van der Waals surface area contributed by atoms with Gasteiger partial charge in [0, 0.05) is 6.04 Å². The second-order valence-corrected chi connectivity index (χ2v) is 4.86. The Balaban J connectivity index is 2.72. The molecule has 0 saturated heterocycles. The Hall–Kier alpha value is -2.81. The third kappa shape index (κ3) is 6.09. The second kappa shape index (κ2) is 8.47. The van der Waals surface area contributed by atoms with Gasteiger partial charge in [-0.25, -0.2) is 0 Å². The molecule has 6 nitrogen and oxygen atoms in total. The summed E-state index contributed by atoms with van der Waals surface area (Å²) >= 11 is 0. The normalized spacial score (nSPS) is 10.9. The molecule has 0 aliphatic heterocycles. The standard InChI is InChI=1S/C16H18N2O4/c1-11(2)18-16(21)13(10-17)9-12-3-5-14(6-4-12)22-8-7-15(19)20/h3-6,9,11H,7-8H2,1-2H3,(H,18,21)(H,19,20)/b13-9+. The molecule has 0 unspecified atom stereocenters. The number of benzene rings is 1. The van der Waals surface area contributed by atoms with Crippen LogP contribution in [-0.2, 0) is 9.59 Å². The van der Waals surface area contributed by atoms with Crippen molar-refractivity contribution >= 4 is 18.0 Å². The third-order valence-electron chi connectivity index (χ3n) is 2.56. The number of hydrogen-bond acceptors (Lipinski definition) is 4. The predicted octanol–water partition coefficient (Wildman–Crippen LogP) is 1.97. The van der Waals surface area contributed by atoms with Gasteiger partial charge in [-0.2, -0.15) is 5.26 Å². The number of amides is 1. The maximum atomic E-state index is 11.8. The number of hydrogen-bond donors (Lipinski definition) is 2. The molecular weight excluding hydrogens is 284 g/mol. The number of carboxylic acids is 1. The number of carboxylic acid groups (broad SMARTS) is 1. The second-order valence-electron chi connectivity index (χ2n) is 4.86. The first kappa shape index (κ1) is 17.2. The van der Waals surface area contributed by atoms with Gasteiger partial charge in [0.2, 0.25) is 0 Å². The summed E-state index contributed by atoms with van der Waals surface area (Å²) in [5, 5.41) is 20.2. The lowest BCUT2D eigenvalue weighted by Crippen LogP contribution is -2.30. The van der Waals surface area contributed by atoms with Crippen LogP contribution in [0, 0.1) is 11.3 Å². The van der Waals surface area contributed by atoms with E-state index in [0.29, 0.717) is 11.3 Å². The summed E-state index contributed by atoms with van der Waals surface area (Å²) in [5.41, 5.74) is 0.703. The maximum absolute atomic E-state index is 11.8. The van der Waals surface area contributed by atoms with E-state index in [4.69, 9.17) is 15.1 Å². The summed E-state index contributed by atoms with van der Waals surface area (Å²) in [4.78, 5) is 22.2. The molecule has 1 aromatic carbocycles. The molecule has 22 heavy (non-hydrogen) atoms. The van der Waals surface area contributed by atoms with Crippen LogP contribution in [0.3, 0.4) is 0 Å². The smallest absolute Gasteiger partial charge is 0.306 e. The number of nitrogens with one attached hydrogen (secondary N) is 1. The molecule has 2 N–H and O–H groups in total. The van der Waals surface area contributed by atoms with Crippen LogP contribution >= 0.6 is 0 Å². The monoisotopic (exact) mass is 302 g/mol. The first-order chi connectivity index (χ1) is 10.4. The topological polar surface area (TPSA) is 99.4 Å². The minimum atomic E-state index is -0.922. The Morgan fingerprint density at radius 2 is 2.00 bits per heavy atom. The van der Waals surface area contributed by atoms with Gasteiger partial charge in [-0.3, -0.25) is 9.59 Å². The summed E-state index contributed by atoms with van der Waals surface area (Å²) < 4.78 is 5.26. The number of carbonyl (C=O) groups is 2. The van der Waals surface area contributed by atoms with Crippen LogP contribution in [0.25, 0.3) is 6.08 Å². The SMILES string of the molecule is CC(C)NC(=O)/C(C#N)=C/c1ccc(OCCC(=O)O)cc1. The van der Waals surface area contributed by atoms with Crippen molar-refractivity contribution in [3.63, 3.8) is 0 Å². The van der Waals surface area contributed by atoms with Crippen molar-refractivity contribution in [1.82, 2.24) is 5.32 Å². The van der Waals surface area contributed by atoms with E-state index in [0.717, 1.165) is 0 Å². The van der Waals surface area contributed by atoms with Crippen molar-refractivity contribution in [3.8, 4) is 11.8 Å². The summed E-state index contributed by atoms with van der Waals surface area (Å²) in [5.74, 6) is -0.808. The molecule has 0 aromatic heterocycles. The Kier molecular flexibility index (Phi) is 6.64. The van der Waals surface area contributed by atoms with Crippen LogP contribution < -0.4 is 10.1 Å². The van der Waals surface area contributed by atoms with E-state index in [2.05, 4.69) is 5.32 Å². The Labute approximate surface area is 129 Å². The van der Waals surface area contributed by atoms with Crippen LogP contribution in [0.2, 0.25) is 0 Å². The molecule has 0 atom stereocenters. The summed E-state index contributed by atoms with van der Waals surface area (Å²) in [6.45, 7) is 3.72. The van der Waals surface area contributed by atoms with Crippen molar-refractivity contribution in [2.75, 3.05) is 6.61 Å². The van der Waals surface area contributed by atoms with Crippen LogP contribution in [0.1, 0.15) is 25.8 Å². The van der Waals surface area contributed by atoms with Gasteiger partial charge >= 0.3 is 5.97 Å². The fourth-order valence-corrected chi connectivity index (χ4v) is 1.57. The fourth-order valence-electron chi connectivity index (χ4n) is 1.57. The van der Waals surface area contributed by atoms with E-state index < -0.39 is 11.9 Å². The van der Waals surface area contributed by atoms with Gasteiger partial charge in [-0.15, -0.1) is 0 Å². The highest BCUT2D eigenvalue weighted by Crippen LogP contribution is 2.15. The molecule has 0 bridgehead atoms. The molecular formula is C16H18N2O4. The Bertz CT molecular complexity index is 598. The van der Waals surface area contributed by atoms with Gasteiger partial charge in [0.25, 0.3) is 5.91 Å². The van der Waals surface area contributed by atoms with Gasteiger partial charge in [0.1, 0.15) is 17.4 Å². The Morgan fingerprint density at radius 1 is 1.36 bits per heavy atom. The number of nitriles is 1. The molecule has 0 saturated carbocycles. The van der Waals surface area contributed by atoms with Crippen molar-refractivity contribution in [1.29, 1.82) is 5.26 Å². The van der Waals surface area contributed by atoms with E-state index in [1.807, 2.05) is 19.9 Å². The number of rotatable bonds is 7. The van der Waals surface area contributed by atoms with Crippen LogP contribution in [0.4, 0.5) is 0 Å². The molecule has 0 aliphatic carbocycles. The lowest BCUT2D eigenvalue weighted by Gasteiger charge is -2.07. The van der Waals surface area contributed by atoms with E-state index in [1.165, 1.54) is 6.08 Å². The molecule has 1 rings (SSSR count). The number of nitrogens with zero attached hydrogens (tertiary/aromatic N) is 1. The number of aliphatic carboxylic acids is 1. The van der Waals surface area contributed by atoms with Gasteiger partial charge in [0.15, 0.2) is 0 Å². The highest BCUT2D eigenvalue weighted by atomic mass is 16.5. The fraction of sp³-hybridized carbons (Fsp3) is 0.312. The van der Waals surface area contributed by atoms with Crippen molar-refractivity contribution in [2.24, 2.45) is 0 Å². The molecule has 116 valence electrons. The molecule has 0 aliphatic rings. The van der Waals surface area contributed by atoms with E-state index in [9.17, 15) is 9.59 Å². The molecule has 6 heteroatoms. The van der Waals surface area contributed by atoms with Crippen molar-refractivity contribution in [2.45, 2.75) is 26.3 Å². The maximum Gasteiger partial charge on any atom is 0.306 e. The first-order valence-electron chi connectivity index (χ1n) is 6.79. The van der Waals surface area contributed by atoms with Gasteiger partial charge in [-0.05, 0) is 37.6 Å². The van der Waals surface area contributed by atoms with Gasteiger partial charge in [0.05, 0.1) is 13.0 Å². The van der Waals surface area contributed by atoms with Gasteiger partial charge < -0.3 is 15.2 Å². The van der Waals surface area contributed by atoms with Crippen LogP contribution in [-0.4, -0.2) is 29.6 Å². The summed E-state index contributed by atoms with van der Waals surface area (Å²) in [6, 6.07) is 8.52. The average molecular weight is 302 g/mol. The first-order valence-corrected chi connectivity index (χ1v) is 6.79. The largest absolute Gasteiger partial charge is 0.493 e.